The second-order valence-electron chi connectivity index (χ2n) is 4.07. The molecule has 0 aliphatic carbocycles. The maximum atomic E-state index is 13.5. The van der Waals surface area contributed by atoms with Gasteiger partial charge in [-0.15, -0.1) is 0 Å². The predicted octanol–water partition coefficient (Wildman–Crippen LogP) is 3.76. The first-order valence-corrected chi connectivity index (χ1v) is 5.95. The Hall–Kier alpha value is -2.57. The van der Waals surface area contributed by atoms with Gasteiger partial charge in [0.2, 0.25) is 0 Å². The van der Waals surface area contributed by atoms with Gasteiger partial charge in [-0.3, -0.25) is 0 Å². The third-order valence-corrected chi connectivity index (χ3v) is 2.70. The summed E-state index contributed by atoms with van der Waals surface area (Å²) < 4.78 is 47.2. The summed E-state index contributed by atoms with van der Waals surface area (Å²) >= 11 is 0. The van der Waals surface area contributed by atoms with E-state index in [1.807, 2.05) is 0 Å². The van der Waals surface area contributed by atoms with E-state index in [4.69, 9.17) is 10.5 Å². The quantitative estimate of drug-likeness (QED) is 0.825. The van der Waals surface area contributed by atoms with Gasteiger partial charge in [0.05, 0.1) is 24.2 Å². The standard InChI is InChI=1S/C14H13F3N2O2/c1-20-12-5-3-2-4-10(12)19-11-7-13(21-14(16)17)8(15)6-9(11)18/h2-7,14,19H,18H2,1H3. The highest BCUT2D eigenvalue weighted by molar-refractivity contribution is 5.76. The lowest BCUT2D eigenvalue weighted by atomic mass is 10.2. The fourth-order valence-corrected chi connectivity index (χ4v) is 1.76. The average molecular weight is 298 g/mol. The summed E-state index contributed by atoms with van der Waals surface area (Å²) in [5.41, 5.74) is 6.52. The van der Waals surface area contributed by atoms with Crippen molar-refractivity contribution >= 4 is 17.1 Å². The number of hydrogen-bond donors (Lipinski definition) is 2. The number of benzene rings is 2. The Bertz CT molecular complexity index is 636. The molecular formula is C14H13F3N2O2. The van der Waals surface area contributed by atoms with E-state index in [2.05, 4.69) is 10.1 Å². The van der Waals surface area contributed by atoms with Gasteiger partial charge in [-0.25, -0.2) is 4.39 Å². The van der Waals surface area contributed by atoms with Crippen LogP contribution in [-0.2, 0) is 0 Å². The molecule has 0 spiro atoms. The lowest BCUT2D eigenvalue weighted by Crippen LogP contribution is -2.06. The fourth-order valence-electron chi connectivity index (χ4n) is 1.76. The minimum atomic E-state index is -3.12. The third-order valence-electron chi connectivity index (χ3n) is 2.70. The molecule has 112 valence electrons. The number of methoxy groups -OCH3 is 1. The number of nitrogens with two attached hydrogens (primary N) is 1. The van der Waals surface area contributed by atoms with Gasteiger partial charge in [-0.05, 0) is 12.1 Å². The summed E-state index contributed by atoms with van der Waals surface area (Å²) in [6, 6.07) is 8.91. The highest BCUT2D eigenvalue weighted by Gasteiger charge is 2.14. The number of anilines is 3. The predicted molar refractivity (Wildman–Crippen MR) is 73.7 cm³/mol. The smallest absolute Gasteiger partial charge is 0.387 e. The molecule has 0 radical (unpaired) electrons. The van der Waals surface area contributed by atoms with Crippen LogP contribution in [0.4, 0.5) is 30.2 Å². The molecule has 0 aliphatic heterocycles. The number of alkyl halides is 2. The number of rotatable bonds is 5. The van der Waals surface area contributed by atoms with Crippen LogP contribution in [0.5, 0.6) is 11.5 Å². The molecule has 2 aromatic carbocycles. The van der Waals surface area contributed by atoms with E-state index < -0.39 is 18.2 Å². The van der Waals surface area contributed by atoms with E-state index >= 15 is 0 Å². The van der Waals surface area contributed by atoms with Crippen molar-refractivity contribution in [2.45, 2.75) is 6.61 Å². The van der Waals surface area contributed by atoms with Crippen LogP contribution in [0.1, 0.15) is 0 Å². The highest BCUT2D eigenvalue weighted by Crippen LogP contribution is 2.34. The monoisotopic (exact) mass is 298 g/mol. The van der Waals surface area contributed by atoms with Crippen molar-refractivity contribution in [3.8, 4) is 11.5 Å². The zero-order chi connectivity index (χ0) is 15.4. The fraction of sp³-hybridized carbons (Fsp3) is 0.143. The summed E-state index contributed by atoms with van der Waals surface area (Å²) in [5, 5.41) is 2.89. The molecular weight excluding hydrogens is 285 g/mol. The summed E-state index contributed by atoms with van der Waals surface area (Å²) in [7, 11) is 1.49. The molecule has 0 aromatic heterocycles. The Morgan fingerprint density at radius 1 is 1.10 bits per heavy atom. The zero-order valence-corrected chi connectivity index (χ0v) is 11.1. The van der Waals surface area contributed by atoms with Gasteiger partial charge in [-0.1, -0.05) is 12.1 Å². The van der Waals surface area contributed by atoms with Gasteiger partial charge in [0, 0.05) is 12.1 Å². The molecule has 2 aromatic rings. The second-order valence-corrected chi connectivity index (χ2v) is 4.07. The van der Waals surface area contributed by atoms with Crippen molar-refractivity contribution < 1.29 is 22.6 Å². The number of ether oxygens (including phenoxy) is 2. The Labute approximate surface area is 119 Å². The molecule has 4 nitrogen and oxygen atoms in total. The van der Waals surface area contributed by atoms with Crippen LogP contribution < -0.4 is 20.5 Å². The molecule has 3 N–H and O–H groups in total. The molecule has 0 saturated carbocycles. The molecule has 7 heteroatoms. The van der Waals surface area contributed by atoms with Crippen LogP contribution in [-0.4, -0.2) is 13.7 Å². The van der Waals surface area contributed by atoms with E-state index in [0.717, 1.165) is 12.1 Å². The van der Waals surface area contributed by atoms with Crippen molar-refractivity contribution in [1.29, 1.82) is 0 Å². The molecule has 0 atom stereocenters. The summed E-state index contributed by atoms with van der Waals surface area (Å²) in [6.45, 7) is -3.12. The Balaban J connectivity index is 2.35. The van der Waals surface area contributed by atoms with E-state index in [-0.39, 0.29) is 11.4 Å². The van der Waals surface area contributed by atoms with Crippen molar-refractivity contribution in [3.05, 3.63) is 42.2 Å². The van der Waals surface area contributed by atoms with Crippen LogP contribution in [0.15, 0.2) is 36.4 Å². The van der Waals surface area contributed by atoms with E-state index in [9.17, 15) is 13.2 Å². The molecule has 21 heavy (non-hydrogen) atoms. The SMILES string of the molecule is COc1ccccc1Nc1cc(OC(F)F)c(F)cc1N. The van der Waals surface area contributed by atoms with Crippen LogP contribution in [0.2, 0.25) is 0 Å². The van der Waals surface area contributed by atoms with Crippen LogP contribution >= 0.6 is 0 Å². The van der Waals surface area contributed by atoms with Gasteiger partial charge in [0.1, 0.15) is 5.75 Å². The number of halogens is 3. The normalized spacial score (nSPS) is 10.5. The minimum Gasteiger partial charge on any atom is -0.495 e. The van der Waals surface area contributed by atoms with Gasteiger partial charge in [-0.2, -0.15) is 8.78 Å². The first-order valence-electron chi connectivity index (χ1n) is 5.95. The maximum Gasteiger partial charge on any atom is 0.387 e. The van der Waals surface area contributed by atoms with Crippen LogP contribution in [0, 0.1) is 5.82 Å². The highest BCUT2D eigenvalue weighted by atomic mass is 19.3. The molecule has 0 aliphatic rings. The van der Waals surface area contributed by atoms with Crippen molar-refractivity contribution in [2.75, 3.05) is 18.2 Å². The topological polar surface area (TPSA) is 56.5 Å². The molecule has 0 fully saturated rings. The van der Waals surface area contributed by atoms with E-state index in [0.29, 0.717) is 11.4 Å². The minimum absolute atomic E-state index is 0.0556. The number of nitrogens with one attached hydrogen (secondary N) is 1. The lowest BCUT2D eigenvalue weighted by molar-refractivity contribution is -0.0521. The first-order chi connectivity index (χ1) is 10.0. The molecule has 0 saturated heterocycles. The summed E-state index contributed by atoms with van der Waals surface area (Å²) in [5.74, 6) is -1.02. The molecule has 0 amide bonds. The Kier molecular flexibility index (Phi) is 4.42. The van der Waals surface area contributed by atoms with Crippen molar-refractivity contribution in [2.24, 2.45) is 0 Å². The van der Waals surface area contributed by atoms with Gasteiger partial charge in [0.25, 0.3) is 0 Å². The van der Waals surface area contributed by atoms with Crippen molar-refractivity contribution in [1.82, 2.24) is 0 Å². The third kappa shape index (κ3) is 3.50. The molecule has 0 heterocycles. The summed E-state index contributed by atoms with van der Waals surface area (Å²) in [6.07, 6.45) is 0. The van der Waals surface area contributed by atoms with Gasteiger partial charge in [0.15, 0.2) is 11.6 Å². The largest absolute Gasteiger partial charge is 0.495 e. The summed E-state index contributed by atoms with van der Waals surface area (Å²) in [4.78, 5) is 0. The number of nitrogen functional groups attached to an aromatic ring is 1. The lowest BCUT2D eigenvalue weighted by Gasteiger charge is -2.14. The zero-order valence-electron chi connectivity index (χ0n) is 11.1. The average Bonchev–Trinajstić information content (AvgIpc) is 2.44. The van der Waals surface area contributed by atoms with Crippen molar-refractivity contribution in [3.63, 3.8) is 0 Å². The molecule has 0 unspecified atom stereocenters. The van der Waals surface area contributed by atoms with E-state index in [1.165, 1.54) is 7.11 Å². The number of hydrogen-bond acceptors (Lipinski definition) is 4. The Morgan fingerprint density at radius 3 is 2.48 bits per heavy atom. The first kappa shape index (κ1) is 14.8. The molecule has 2 rings (SSSR count). The van der Waals surface area contributed by atoms with Gasteiger partial charge >= 0.3 is 6.61 Å². The molecule has 0 bridgehead atoms. The van der Waals surface area contributed by atoms with Gasteiger partial charge < -0.3 is 20.5 Å². The Morgan fingerprint density at radius 2 is 1.81 bits per heavy atom. The number of para-hydroxylation sites is 2. The van der Waals surface area contributed by atoms with Crippen LogP contribution in [0.25, 0.3) is 0 Å². The van der Waals surface area contributed by atoms with E-state index in [1.54, 1.807) is 24.3 Å². The van der Waals surface area contributed by atoms with Crippen LogP contribution in [0.3, 0.4) is 0 Å². The second kappa shape index (κ2) is 6.25. The maximum absolute atomic E-state index is 13.5.